The molecule has 1 amide bonds. The minimum absolute atomic E-state index is 0.280. The van der Waals surface area contributed by atoms with E-state index in [1.165, 1.54) is 0 Å². The number of primary amides is 1. The number of benzene rings is 2. The smallest absolute Gasteiger partial charge is 0.339 e. The van der Waals surface area contributed by atoms with Crippen LogP contribution in [-0.2, 0) is 9.53 Å². The van der Waals surface area contributed by atoms with Crippen LogP contribution in [0, 0.1) is 6.92 Å². The van der Waals surface area contributed by atoms with Gasteiger partial charge < -0.3 is 15.0 Å². The van der Waals surface area contributed by atoms with E-state index in [2.05, 4.69) is 10.1 Å². The summed E-state index contributed by atoms with van der Waals surface area (Å²) >= 11 is 0. The van der Waals surface area contributed by atoms with E-state index < -0.39 is 18.0 Å². The summed E-state index contributed by atoms with van der Waals surface area (Å²) in [5.41, 5.74) is 6.82. The molecule has 0 radical (unpaired) electrons. The summed E-state index contributed by atoms with van der Waals surface area (Å²) < 4.78 is 10.3. The van der Waals surface area contributed by atoms with Gasteiger partial charge in [0.2, 0.25) is 6.10 Å². The first kappa shape index (κ1) is 16.4. The first-order chi connectivity index (χ1) is 12.0. The lowest BCUT2D eigenvalue weighted by molar-refractivity contribution is -0.127. The predicted molar refractivity (Wildman–Crippen MR) is 88.3 cm³/mol. The summed E-state index contributed by atoms with van der Waals surface area (Å²) in [5.74, 6) is -0.513. The number of hydrogen-bond donors (Lipinski definition) is 1. The van der Waals surface area contributed by atoms with Gasteiger partial charge in [-0.3, -0.25) is 4.79 Å². The molecule has 25 heavy (non-hydrogen) atoms. The van der Waals surface area contributed by atoms with Gasteiger partial charge in [-0.1, -0.05) is 35.5 Å². The lowest BCUT2D eigenvalue weighted by Gasteiger charge is -2.15. The average molecular weight is 337 g/mol. The zero-order valence-corrected chi connectivity index (χ0v) is 13.4. The van der Waals surface area contributed by atoms with E-state index in [1.807, 2.05) is 0 Å². The molecule has 3 rings (SSSR count). The number of nitrogens with two attached hydrogens (primary N) is 1. The molecular formula is C18H15N3O4. The Morgan fingerprint density at radius 2 is 1.76 bits per heavy atom. The highest BCUT2D eigenvalue weighted by Crippen LogP contribution is 2.21. The Labute approximate surface area is 143 Å². The number of amides is 1. The van der Waals surface area contributed by atoms with Crippen molar-refractivity contribution in [2.45, 2.75) is 13.0 Å². The standard InChI is InChI=1S/C18H15N3O4/c1-11-20-17(25-21-11)13-7-9-14(10-8-13)18(23)24-15(16(19)22)12-5-3-2-4-6-12/h2-10,15H,1H3,(H2,19,22)/t15-/m1/s1. The molecule has 0 aliphatic carbocycles. The Kier molecular flexibility index (Phi) is 4.56. The quantitative estimate of drug-likeness (QED) is 0.716. The molecule has 0 unspecified atom stereocenters. The van der Waals surface area contributed by atoms with Crippen LogP contribution in [0.3, 0.4) is 0 Å². The van der Waals surface area contributed by atoms with Crippen molar-refractivity contribution in [3.63, 3.8) is 0 Å². The number of ether oxygens (including phenoxy) is 1. The Balaban J connectivity index is 1.77. The van der Waals surface area contributed by atoms with Gasteiger partial charge in [0.1, 0.15) is 0 Å². The number of aromatic nitrogens is 2. The van der Waals surface area contributed by atoms with Gasteiger partial charge in [0.25, 0.3) is 11.8 Å². The molecule has 0 spiro atoms. The van der Waals surface area contributed by atoms with Crippen molar-refractivity contribution < 1.29 is 18.8 Å². The van der Waals surface area contributed by atoms with E-state index in [9.17, 15) is 9.59 Å². The zero-order valence-electron chi connectivity index (χ0n) is 13.4. The molecule has 0 aliphatic rings. The summed E-state index contributed by atoms with van der Waals surface area (Å²) in [6.07, 6.45) is -1.15. The fourth-order valence-electron chi connectivity index (χ4n) is 2.26. The third-order valence-electron chi connectivity index (χ3n) is 3.48. The van der Waals surface area contributed by atoms with Gasteiger partial charge in [-0.2, -0.15) is 4.98 Å². The normalized spacial score (nSPS) is 11.7. The van der Waals surface area contributed by atoms with Gasteiger partial charge in [0, 0.05) is 11.1 Å². The van der Waals surface area contributed by atoms with Crippen molar-refractivity contribution in [1.29, 1.82) is 0 Å². The van der Waals surface area contributed by atoms with Crippen LogP contribution in [0.4, 0.5) is 0 Å². The third-order valence-corrected chi connectivity index (χ3v) is 3.48. The highest BCUT2D eigenvalue weighted by molar-refractivity contribution is 5.92. The molecule has 7 heteroatoms. The summed E-state index contributed by atoms with van der Waals surface area (Å²) in [6, 6.07) is 15.0. The first-order valence-corrected chi connectivity index (χ1v) is 7.50. The fraction of sp³-hybridized carbons (Fsp3) is 0.111. The van der Waals surface area contributed by atoms with Gasteiger partial charge in [-0.05, 0) is 31.2 Å². The molecule has 0 bridgehead atoms. The van der Waals surface area contributed by atoms with Crippen LogP contribution in [0.25, 0.3) is 11.5 Å². The van der Waals surface area contributed by atoms with Crippen molar-refractivity contribution in [3.8, 4) is 11.5 Å². The molecule has 126 valence electrons. The summed E-state index contributed by atoms with van der Waals surface area (Å²) in [4.78, 5) is 28.0. The summed E-state index contributed by atoms with van der Waals surface area (Å²) in [6.45, 7) is 1.71. The van der Waals surface area contributed by atoms with Crippen LogP contribution in [0.2, 0.25) is 0 Å². The van der Waals surface area contributed by atoms with Crippen LogP contribution in [0.15, 0.2) is 59.1 Å². The van der Waals surface area contributed by atoms with Gasteiger partial charge >= 0.3 is 5.97 Å². The highest BCUT2D eigenvalue weighted by Gasteiger charge is 2.23. The lowest BCUT2D eigenvalue weighted by Crippen LogP contribution is -2.26. The topological polar surface area (TPSA) is 108 Å². The molecule has 7 nitrogen and oxygen atoms in total. The molecule has 0 fully saturated rings. The minimum atomic E-state index is -1.15. The average Bonchev–Trinajstić information content (AvgIpc) is 3.06. The predicted octanol–water partition coefficient (Wildman–Crippen LogP) is 2.43. The number of carbonyl (C=O) groups is 2. The number of carbonyl (C=O) groups excluding carboxylic acids is 2. The monoisotopic (exact) mass is 337 g/mol. The molecule has 2 N–H and O–H groups in total. The molecule has 1 atom stereocenters. The Morgan fingerprint density at radius 3 is 2.32 bits per heavy atom. The second-order valence-corrected chi connectivity index (χ2v) is 5.32. The maximum absolute atomic E-state index is 12.3. The maximum atomic E-state index is 12.3. The van der Waals surface area contributed by atoms with Crippen LogP contribution in [0.1, 0.15) is 27.8 Å². The van der Waals surface area contributed by atoms with Crippen LogP contribution >= 0.6 is 0 Å². The van der Waals surface area contributed by atoms with Gasteiger partial charge in [0.15, 0.2) is 5.82 Å². The van der Waals surface area contributed by atoms with E-state index in [-0.39, 0.29) is 5.56 Å². The van der Waals surface area contributed by atoms with Crippen molar-refractivity contribution in [2.24, 2.45) is 5.73 Å². The first-order valence-electron chi connectivity index (χ1n) is 7.50. The summed E-state index contributed by atoms with van der Waals surface area (Å²) in [5, 5.41) is 3.71. The Hall–Kier alpha value is -3.48. The Morgan fingerprint density at radius 1 is 1.08 bits per heavy atom. The second-order valence-electron chi connectivity index (χ2n) is 5.32. The molecule has 1 aromatic heterocycles. The van der Waals surface area contributed by atoms with E-state index in [1.54, 1.807) is 61.5 Å². The summed E-state index contributed by atoms with van der Waals surface area (Å²) in [7, 11) is 0. The van der Waals surface area contributed by atoms with Crippen molar-refractivity contribution in [3.05, 3.63) is 71.5 Å². The van der Waals surface area contributed by atoms with E-state index >= 15 is 0 Å². The number of nitrogens with zero attached hydrogens (tertiary/aromatic N) is 2. The van der Waals surface area contributed by atoms with Crippen molar-refractivity contribution in [2.75, 3.05) is 0 Å². The molecule has 0 aliphatic heterocycles. The van der Waals surface area contributed by atoms with E-state index in [4.69, 9.17) is 15.0 Å². The van der Waals surface area contributed by atoms with Gasteiger partial charge in [-0.25, -0.2) is 4.79 Å². The third kappa shape index (κ3) is 3.72. The van der Waals surface area contributed by atoms with Crippen molar-refractivity contribution in [1.82, 2.24) is 10.1 Å². The fourth-order valence-corrected chi connectivity index (χ4v) is 2.26. The molecular weight excluding hydrogens is 322 g/mol. The van der Waals surface area contributed by atoms with Crippen LogP contribution in [-0.4, -0.2) is 22.0 Å². The van der Waals surface area contributed by atoms with Crippen LogP contribution in [0.5, 0.6) is 0 Å². The second kappa shape index (κ2) is 6.96. The van der Waals surface area contributed by atoms with E-state index in [0.717, 1.165) is 0 Å². The largest absolute Gasteiger partial charge is 0.444 e. The highest BCUT2D eigenvalue weighted by atomic mass is 16.5. The van der Waals surface area contributed by atoms with Gasteiger partial charge in [-0.15, -0.1) is 0 Å². The molecule has 3 aromatic rings. The molecule has 0 saturated heterocycles. The number of rotatable bonds is 5. The Bertz CT molecular complexity index is 888. The maximum Gasteiger partial charge on any atom is 0.339 e. The number of hydrogen-bond acceptors (Lipinski definition) is 6. The number of esters is 1. The molecule has 1 heterocycles. The number of aryl methyl sites for hydroxylation is 1. The van der Waals surface area contributed by atoms with Crippen molar-refractivity contribution >= 4 is 11.9 Å². The lowest BCUT2D eigenvalue weighted by atomic mass is 10.1. The van der Waals surface area contributed by atoms with E-state index in [0.29, 0.717) is 22.8 Å². The minimum Gasteiger partial charge on any atom is -0.444 e. The van der Waals surface area contributed by atoms with Crippen LogP contribution < -0.4 is 5.73 Å². The SMILES string of the molecule is Cc1noc(-c2ccc(C(=O)O[C@@H](C(N)=O)c3ccccc3)cc2)n1. The van der Waals surface area contributed by atoms with Gasteiger partial charge in [0.05, 0.1) is 5.56 Å². The molecule has 2 aromatic carbocycles. The zero-order chi connectivity index (χ0) is 17.8. The molecule has 0 saturated carbocycles.